The van der Waals surface area contributed by atoms with E-state index < -0.39 is 0 Å². The zero-order chi connectivity index (χ0) is 24.1. The van der Waals surface area contributed by atoms with Crippen LogP contribution in [0.3, 0.4) is 0 Å². The molecule has 3 aromatic rings. The van der Waals surface area contributed by atoms with E-state index in [1.54, 1.807) is 18.2 Å². The third-order valence-corrected chi connectivity index (χ3v) is 6.57. The van der Waals surface area contributed by atoms with Crippen molar-refractivity contribution < 1.29 is 9.59 Å². The Morgan fingerprint density at radius 1 is 0.853 bits per heavy atom. The Balaban J connectivity index is 1.61. The van der Waals surface area contributed by atoms with Gasteiger partial charge in [0.25, 0.3) is 11.8 Å². The molecule has 1 atom stereocenters. The van der Waals surface area contributed by atoms with E-state index in [0.29, 0.717) is 21.8 Å². The predicted octanol–water partition coefficient (Wildman–Crippen LogP) is 6.73. The van der Waals surface area contributed by atoms with Gasteiger partial charge < -0.3 is 15.5 Å². The molecular formula is C27H27Cl2N3O2. The highest BCUT2D eigenvalue weighted by Crippen LogP contribution is 2.29. The normalized spacial score (nSPS) is 14.4. The summed E-state index contributed by atoms with van der Waals surface area (Å²) in [6.45, 7) is 3.77. The van der Waals surface area contributed by atoms with Crippen LogP contribution in [0.4, 0.5) is 11.4 Å². The van der Waals surface area contributed by atoms with Gasteiger partial charge in [-0.3, -0.25) is 9.59 Å². The molecule has 0 spiro atoms. The average molecular weight is 496 g/mol. The molecule has 4 rings (SSSR count). The second kappa shape index (κ2) is 10.9. The van der Waals surface area contributed by atoms with E-state index in [9.17, 15) is 9.59 Å². The Labute approximate surface area is 210 Å². The summed E-state index contributed by atoms with van der Waals surface area (Å²) in [7, 11) is 0. The summed E-state index contributed by atoms with van der Waals surface area (Å²) in [5.41, 5.74) is 3.27. The zero-order valence-corrected chi connectivity index (χ0v) is 20.5. The first-order valence-electron chi connectivity index (χ1n) is 11.4. The highest BCUT2D eigenvalue weighted by molar-refractivity contribution is 6.37. The van der Waals surface area contributed by atoms with Gasteiger partial charge in [0.15, 0.2) is 0 Å². The number of amides is 2. The number of piperidine rings is 1. The summed E-state index contributed by atoms with van der Waals surface area (Å²) < 4.78 is 0. The van der Waals surface area contributed by atoms with Gasteiger partial charge >= 0.3 is 0 Å². The number of rotatable bonds is 6. The highest BCUT2D eigenvalue weighted by atomic mass is 35.5. The SMILES string of the molecule is CC(NC(=O)c1cc(NC(=O)c2ccc(Cl)cc2Cl)ccc1N1CCCCC1)c1ccccc1. The molecule has 3 aromatic carbocycles. The smallest absolute Gasteiger partial charge is 0.257 e. The first-order valence-corrected chi connectivity index (χ1v) is 12.2. The minimum atomic E-state index is -0.364. The number of nitrogens with one attached hydrogen (secondary N) is 2. The van der Waals surface area contributed by atoms with E-state index in [1.165, 1.54) is 12.5 Å². The Morgan fingerprint density at radius 2 is 1.59 bits per heavy atom. The molecule has 34 heavy (non-hydrogen) atoms. The maximum absolute atomic E-state index is 13.4. The molecule has 1 aliphatic rings. The third kappa shape index (κ3) is 5.72. The summed E-state index contributed by atoms with van der Waals surface area (Å²) in [4.78, 5) is 28.5. The first kappa shape index (κ1) is 24.1. The number of hydrogen-bond acceptors (Lipinski definition) is 3. The number of halogens is 2. The van der Waals surface area contributed by atoms with Crippen molar-refractivity contribution in [1.29, 1.82) is 0 Å². The van der Waals surface area contributed by atoms with Crippen LogP contribution in [0.2, 0.25) is 10.0 Å². The van der Waals surface area contributed by atoms with Crippen molar-refractivity contribution in [3.63, 3.8) is 0 Å². The maximum Gasteiger partial charge on any atom is 0.257 e. The fraction of sp³-hybridized carbons (Fsp3) is 0.259. The van der Waals surface area contributed by atoms with Crippen LogP contribution in [-0.4, -0.2) is 24.9 Å². The molecule has 1 fully saturated rings. The second-order valence-corrected chi connectivity index (χ2v) is 9.31. The van der Waals surface area contributed by atoms with Crippen LogP contribution in [0.25, 0.3) is 0 Å². The molecule has 1 saturated heterocycles. The standard InChI is InChI=1S/C27H27Cl2N3O2/c1-18(19-8-4-2-5-9-19)30-27(34)23-17-21(11-13-25(23)32-14-6-3-7-15-32)31-26(33)22-12-10-20(28)16-24(22)29/h2,4-5,8-13,16-18H,3,6-7,14-15H2,1H3,(H,30,34)(H,31,33). The number of hydrogen-bond donors (Lipinski definition) is 2. The van der Waals surface area contributed by atoms with E-state index in [-0.39, 0.29) is 22.9 Å². The van der Waals surface area contributed by atoms with Crippen molar-refractivity contribution in [2.24, 2.45) is 0 Å². The molecule has 0 bridgehead atoms. The van der Waals surface area contributed by atoms with E-state index >= 15 is 0 Å². The van der Waals surface area contributed by atoms with Crippen LogP contribution in [0.5, 0.6) is 0 Å². The molecule has 1 aliphatic heterocycles. The Morgan fingerprint density at radius 3 is 2.29 bits per heavy atom. The Hall–Kier alpha value is -3.02. The van der Waals surface area contributed by atoms with Gasteiger partial charge in [-0.2, -0.15) is 0 Å². The summed E-state index contributed by atoms with van der Waals surface area (Å²) in [6.07, 6.45) is 3.38. The van der Waals surface area contributed by atoms with Crippen LogP contribution in [-0.2, 0) is 0 Å². The third-order valence-electron chi connectivity index (χ3n) is 6.02. The van der Waals surface area contributed by atoms with Crippen LogP contribution in [0, 0.1) is 0 Å². The number of carbonyl (C=O) groups excluding carboxylic acids is 2. The van der Waals surface area contributed by atoms with E-state index in [4.69, 9.17) is 23.2 Å². The minimum absolute atomic E-state index is 0.158. The van der Waals surface area contributed by atoms with Crippen molar-refractivity contribution >= 4 is 46.4 Å². The molecule has 0 aromatic heterocycles. The predicted molar refractivity (Wildman–Crippen MR) is 139 cm³/mol. The topological polar surface area (TPSA) is 61.4 Å². The van der Waals surface area contributed by atoms with Crippen molar-refractivity contribution in [3.05, 3.63) is 93.5 Å². The van der Waals surface area contributed by atoms with Gasteiger partial charge in [-0.15, -0.1) is 0 Å². The van der Waals surface area contributed by atoms with E-state index in [2.05, 4.69) is 15.5 Å². The lowest BCUT2D eigenvalue weighted by Crippen LogP contribution is -2.33. The molecular weight excluding hydrogens is 469 g/mol. The van der Waals surface area contributed by atoms with Crippen molar-refractivity contribution in [3.8, 4) is 0 Å². The Kier molecular flexibility index (Phi) is 7.76. The van der Waals surface area contributed by atoms with Gasteiger partial charge in [-0.25, -0.2) is 0 Å². The minimum Gasteiger partial charge on any atom is -0.371 e. The summed E-state index contributed by atoms with van der Waals surface area (Å²) in [6, 6.07) is 19.9. The van der Waals surface area contributed by atoms with Crippen molar-refractivity contribution in [1.82, 2.24) is 5.32 Å². The highest BCUT2D eigenvalue weighted by Gasteiger charge is 2.21. The number of carbonyl (C=O) groups is 2. The summed E-state index contributed by atoms with van der Waals surface area (Å²) in [5, 5.41) is 6.69. The van der Waals surface area contributed by atoms with Crippen LogP contribution < -0.4 is 15.5 Å². The quantitative estimate of drug-likeness (QED) is 0.398. The van der Waals surface area contributed by atoms with Gasteiger partial charge in [-0.1, -0.05) is 53.5 Å². The molecule has 5 nitrogen and oxygen atoms in total. The Bertz CT molecular complexity index is 1180. The fourth-order valence-corrected chi connectivity index (χ4v) is 4.67. The number of benzene rings is 3. The second-order valence-electron chi connectivity index (χ2n) is 8.46. The van der Waals surface area contributed by atoms with Crippen LogP contribution in [0.15, 0.2) is 66.7 Å². The monoisotopic (exact) mass is 495 g/mol. The average Bonchev–Trinajstić information content (AvgIpc) is 2.85. The van der Waals surface area contributed by atoms with Gasteiger partial charge in [0.05, 0.1) is 22.2 Å². The first-order chi connectivity index (χ1) is 16.4. The van der Waals surface area contributed by atoms with E-state index in [1.807, 2.05) is 49.4 Å². The van der Waals surface area contributed by atoms with E-state index in [0.717, 1.165) is 37.2 Å². The molecule has 0 saturated carbocycles. The molecule has 7 heteroatoms. The lowest BCUT2D eigenvalue weighted by molar-refractivity contribution is 0.0939. The van der Waals surface area contributed by atoms with Gasteiger partial charge in [0.1, 0.15) is 0 Å². The lowest BCUT2D eigenvalue weighted by atomic mass is 10.0. The molecule has 176 valence electrons. The van der Waals surface area contributed by atoms with Gasteiger partial charge in [0.2, 0.25) is 0 Å². The molecule has 0 radical (unpaired) electrons. The van der Waals surface area contributed by atoms with Gasteiger partial charge in [0, 0.05) is 29.5 Å². The summed E-state index contributed by atoms with van der Waals surface area (Å²) in [5.74, 6) is -0.547. The van der Waals surface area contributed by atoms with Crippen molar-refractivity contribution in [2.75, 3.05) is 23.3 Å². The van der Waals surface area contributed by atoms with Crippen LogP contribution in [0.1, 0.15) is 58.5 Å². The zero-order valence-electron chi connectivity index (χ0n) is 19.0. The lowest BCUT2D eigenvalue weighted by Gasteiger charge is -2.31. The fourth-order valence-electron chi connectivity index (χ4n) is 4.18. The van der Waals surface area contributed by atoms with Gasteiger partial charge in [-0.05, 0) is 68.1 Å². The molecule has 1 heterocycles. The number of anilines is 2. The van der Waals surface area contributed by atoms with Crippen LogP contribution >= 0.6 is 23.2 Å². The van der Waals surface area contributed by atoms with Crippen molar-refractivity contribution in [2.45, 2.75) is 32.2 Å². The molecule has 2 N–H and O–H groups in total. The maximum atomic E-state index is 13.4. The summed E-state index contributed by atoms with van der Waals surface area (Å²) >= 11 is 12.1. The molecule has 1 unspecified atom stereocenters. The number of nitrogens with zero attached hydrogens (tertiary/aromatic N) is 1. The largest absolute Gasteiger partial charge is 0.371 e. The molecule has 0 aliphatic carbocycles. The molecule has 2 amide bonds.